The molecule has 25 heavy (non-hydrogen) atoms. The average Bonchev–Trinajstić information content (AvgIpc) is 3.04. The van der Waals surface area contributed by atoms with Gasteiger partial charge in [-0.25, -0.2) is 9.78 Å². The number of rotatable bonds is 5. The number of pyridine rings is 2. The van der Waals surface area contributed by atoms with Crippen LogP contribution < -0.4 is 5.43 Å². The first kappa shape index (κ1) is 18.1. The molecule has 1 aliphatic rings. The molecule has 3 rings (SSSR count). The Morgan fingerprint density at radius 3 is 2.96 bits per heavy atom. The summed E-state index contributed by atoms with van der Waals surface area (Å²) in [5.41, 5.74) is 0.504. The van der Waals surface area contributed by atoms with Crippen LogP contribution in [-0.2, 0) is 11.3 Å². The van der Waals surface area contributed by atoms with E-state index >= 15 is 0 Å². The lowest BCUT2D eigenvalue weighted by molar-refractivity contribution is 0.0524. The summed E-state index contributed by atoms with van der Waals surface area (Å²) < 4.78 is 7.61. The number of hydrogen-bond donors (Lipinski definition) is 0. The van der Waals surface area contributed by atoms with Crippen molar-refractivity contribution in [2.45, 2.75) is 39.3 Å². The highest BCUT2D eigenvalue weighted by atomic mass is 79.9. The van der Waals surface area contributed by atoms with Crippen LogP contribution in [0.15, 0.2) is 27.9 Å². The van der Waals surface area contributed by atoms with Crippen molar-refractivity contribution in [1.29, 1.82) is 0 Å². The number of esters is 1. The van der Waals surface area contributed by atoms with Gasteiger partial charge in [-0.3, -0.25) is 9.69 Å². The van der Waals surface area contributed by atoms with Gasteiger partial charge in [-0.15, -0.1) is 0 Å². The zero-order valence-corrected chi connectivity index (χ0v) is 16.1. The third kappa shape index (κ3) is 3.62. The highest BCUT2D eigenvalue weighted by Gasteiger charge is 2.25. The summed E-state index contributed by atoms with van der Waals surface area (Å²) in [4.78, 5) is 31.7. The molecule has 0 saturated carbocycles. The number of fused-ring (bicyclic) bond motifs is 1. The predicted octanol–water partition coefficient (Wildman–Crippen LogP) is 2.82. The van der Waals surface area contributed by atoms with E-state index in [9.17, 15) is 9.59 Å². The van der Waals surface area contributed by atoms with Gasteiger partial charge in [-0.05, 0) is 54.9 Å². The highest BCUT2D eigenvalue weighted by molar-refractivity contribution is 9.10. The van der Waals surface area contributed by atoms with Crippen LogP contribution in [0, 0.1) is 0 Å². The van der Waals surface area contributed by atoms with E-state index in [2.05, 4.69) is 32.7 Å². The van der Waals surface area contributed by atoms with Crippen molar-refractivity contribution in [1.82, 2.24) is 14.5 Å². The third-order valence-electron chi connectivity index (χ3n) is 4.74. The topological polar surface area (TPSA) is 64.4 Å². The van der Waals surface area contributed by atoms with Crippen molar-refractivity contribution in [2.24, 2.45) is 0 Å². The molecule has 7 heteroatoms. The summed E-state index contributed by atoms with van der Waals surface area (Å²) in [6.07, 6.45) is 5.59. The molecule has 0 bridgehead atoms. The first-order chi connectivity index (χ1) is 12.0. The fourth-order valence-corrected chi connectivity index (χ4v) is 3.84. The predicted molar refractivity (Wildman–Crippen MR) is 99.9 cm³/mol. The van der Waals surface area contributed by atoms with Gasteiger partial charge >= 0.3 is 5.97 Å². The molecule has 1 fully saturated rings. The Kier molecular flexibility index (Phi) is 5.54. The van der Waals surface area contributed by atoms with Crippen LogP contribution in [0.2, 0.25) is 0 Å². The smallest absolute Gasteiger partial charge is 0.343 e. The number of carbonyl (C=O) groups is 1. The van der Waals surface area contributed by atoms with E-state index in [0.29, 0.717) is 16.0 Å². The van der Waals surface area contributed by atoms with E-state index in [4.69, 9.17) is 4.74 Å². The van der Waals surface area contributed by atoms with Gasteiger partial charge in [-0.2, -0.15) is 0 Å². The van der Waals surface area contributed by atoms with Crippen molar-refractivity contribution in [3.05, 3.63) is 38.9 Å². The van der Waals surface area contributed by atoms with Crippen molar-refractivity contribution >= 4 is 32.8 Å². The summed E-state index contributed by atoms with van der Waals surface area (Å²) in [6, 6.07) is 2.07. The van der Waals surface area contributed by atoms with Crippen LogP contribution in [0.25, 0.3) is 10.9 Å². The van der Waals surface area contributed by atoms with Gasteiger partial charge in [0.25, 0.3) is 0 Å². The Bertz CT molecular complexity index is 849. The Morgan fingerprint density at radius 1 is 1.44 bits per heavy atom. The number of hydrogen-bond acceptors (Lipinski definition) is 5. The average molecular weight is 408 g/mol. The summed E-state index contributed by atoms with van der Waals surface area (Å²) in [6.45, 7) is 6.94. The molecular formula is C18H22BrN3O3. The van der Waals surface area contributed by atoms with Crippen LogP contribution in [0.1, 0.15) is 37.0 Å². The number of nitrogens with zero attached hydrogens (tertiary/aromatic N) is 3. The molecule has 0 radical (unpaired) electrons. The van der Waals surface area contributed by atoms with Gasteiger partial charge in [0.2, 0.25) is 5.43 Å². The van der Waals surface area contributed by atoms with Gasteiger partial charge in [0.1, 0.15) is 10.2 Å². The Hall–Kier alpha value is -1.73. The molecule has 0 aromatic carbocycles. The Labute approximate surface area is 154 Å². The molecule has 0 amide bonds. The van der Waals surface area contributed by atoms with Crippen molar-refractivity contribution in [3.8, 4) is 0 Å². The summed E-state index contributed by atoms with van der Waals surface area (Å²) in [7, 11) is 0. The lowest BCUT2D eigenvalue weighted by Crippen LogP contribution is -2.33. The number of carbonyl (C=O) groups excluding carboxylic acids is 1. The zero-order chi connectivity index (χ0) is 18.0. The SMILES string of the molecule is CCOC(=O)c1cn(C[C@@H]2CCCN2CC)c2cnc(Br)cc2c1=O. The standard InChI is InChI=1S/C18H22BrN3O3/c1-3-21-7-5-6-12(21)10-22-11-14(18(24)25-4-2)17(23)13-8-16(19)20-9-15(13)22/h8-9,11-12H,3-7,10H2,1-2H3/t12-/m0/s1. The molecule has 0 N–H and O–H groups in total. The van der Waals surface area contributed by atoms with Gasteiger partial charge in [0.05, 0.1) is 23.7 Å². The molecule has 0 spiro atoms. The molecule has 2 aromatic heterocycles. The summed E-state index contributed by atoms with van der Waals surface area (Å²) in [5.74, 6) is -0.574. The number of aromatic nitrogens is 2. The first-order valence-electron chi connectivity index (χ1n) is 8.65. The van der Waals surface area contributed by atoms with Gasteiger partial charge in [0, 0.05) is 18.8 Å². The molecule has 2 aromatic rings. The van der Waals surface area contributed by atoms with E-state index < -0.39 is 5.97 Å². The molecule has 3 heterocycles. The molecule has 1 atom stereocenters. The van der Waals surface area contributed by atoms with Gasteiger partial charge < -0.3 is 9.30 Å². The fourth-order valence-electron chi connectivity index (χ4n) is 3.51. The number of ether oxygens (including phenoxy) is 1. The van der Waals surface area contributed by atoms with Crippen molar-refractivity contribution in [2.75, 3.05) is 19.7 Å². The minimum absolute atomic E-state index is 0.0773. The van der Waals surface area contributed by atoms with Gasteiger partial charge in [-0.1, -0.05) is 6.92 Å². The summed E-state index contributed by atoms with van der Waals surface area (Å²) in [5, 5.41) is 0.480. The van der Waals surface area contributed by atoms with Crippen LogP contribution in [0.3, 0.4) is 0 Å². The molecule has 134 valence electrons. The lowest BCUT2D eigenvalue weighted by atomic mass is 10.1. The maximum absolute atomic E-state index is 12.7. The molecule has 1 aliphatic heterocycles. The van der Waals surface area contributed by atoms with E-state index in [1.54, 1.807) is 25.4 Å². The second kappa shape index (κ2) is 7.66. The number of likely N-dealkylation sites (tertiary alicyclic amines) is 1. The van der Waals surface area contributed by atoms with E-state index in [1.807, 2.05) is 4.57 Å². The minimum atomic E-state index is -0.574. The van der Waals surface area contributed by atoms with E-state index in [-0.39, 0.29) is 17.6 Å². The normalized spacial score (nSPS) is 18.0. The molecule has 1 saturated heterocycles. The fraction of sp³-hybridized carbons (Fsp3) is 0.500. The third-order valence-corrected chi connectivity index (χ3v) is 5.17. The van der Waals surface area contributed by atoms with Crippen LogP contribution in [0.4, 0.5) is 0 Å². The van der Waals surface area contributed by atoms with E-state index in [1.165, 1.54) is 6.42 Å². The Balaban J connectivity index is 2.11. The minimum Gasteiger partial charge on any atom is -0.462 e. The first-order valence-corrected chi connectivity index (χ1v) is 9.44. The molecule has 0 aliphatic carbocycles. The highest BCUT2D eigenvalue weighted by Crippen LogP contribution is 2.22. The molecular weight excluding hydrogens is 386 g/mol. The summed E-state index contributed by atoms with van der Waals surface area (Å²) >= 11 is 3.31. The lowest BCUT2D eigenvalue weighted by Gasteiger charge is -2.25. The van der Waals surface area contributed by atoms with Crippen LogP contribution in [0.5, 0.6) is 0 Å². The maximum atomic E-state index is 12.7. The quantitative estimate of drug-likeness (QED) is 0.563. The van der Waals surface area contributed by atoms with Gasteiger partial charge in [0.15, 0.2) is 0 Å². The molecule has 0 unspecified atom stereocenters. The second-order valence-electron chi connectivity index (χ2n) is 6.19. The monoisotopic (exact) mass is 407 g/mol. The Morgan fingerprint density at radius 2 is 2.24 bits per heavy atom. The second-order valence-corrected chi connectivity index (χ2v) is 7.01. The number of halogens is 1. The van der Waals surface area contributed by atoms with Crippen molar-refractivity contribution < 1.29 is 9.53 Å². The van der Waals surface area contributed by atoms with Crippen LogP contribution >= 0.6 is 15.9 Å². The largest absolute Gasteiger partial charge is 0.462 e. The number of likely N-dealkylation sites (N-methyl/N-ethyl adjacent to an activating group) is 1. The van der Waals surface area contributed by atoms with Crippen molar-refractivity contribution in [3.63, 3.8) is 0 Å². The van der Waals surface area contributed by atoms with E-state index in [0.717, 1.165) is 31.6 Å². The molecule has 6 nitrogen and oxygen atoms in total. The maximum Gasteiger partial charge on any atom is 0.343 e. The van der Waals surface area contributed by atoms with Crippen LogP contribution in [-0.4, -0.2) is 46.2 Å². The zero-order valence-electron chi connectivity index (χ0n) is 14.5.